The molecule has 0 spiro atoms. The zero-order chi connectivity index (χ0) is 19.8. The van der Waals surface area contributed by atoms with Crippen molar-refractivity contribution in [3.8, 4) is 0 Å². The fourth-order valence-electron chi connectivity index (χ4n) is 3.87. The number of anilines is 1. The van der Waals surface area contributed by atoms with Gasteiger partial charge in [0.05, 0.1) is 4.47 Å². The van der Waals surface area contributed by atoms with Gasteiger partial charge in [-0.15, -0.1) is 0 Å². The van der Waals surface area contributed by atoms with Crippen LogP contribution in [-0.4, -0.2) is 34.4 Å². The molecule has 5 nitrogen and oxygen atoms in total. The summed E-state index contributed by atoms with van der Waals surface area (Å²) in [5.41, 5.74) is 3.64. The van der Waals surface area contributed by atoms with Gasteiger partial charge < -0.3 is 14.8 Å². The highest BCUT2D eigenvalue weighted by Crippen LogP contribution is 2.31. The van der Waals surface area contributed by atoms with Crippen molar-refractivity contribution in [2.75, 3.05) is 18.4 Å². The number of aryl methyl sites for hydroxylation is 1. The van der Waals surface area contributed by atoms with Crippen LogP contribution in [0.15, 0.2) is 46.9 Å². The number of hydrogen-bond donors (Lipinski definition) is 1. The SMILES string of the molecule is Cc1c(NC(=O)c2c(Br)c3ccccc3n2C)cccc1C(=O)N1CCCC1. The predicted octanol–water partition coefficient (Wildman–Crippen LogP) is 4.74. The summed E-state index contributed by atoms with van der Waals surface area (Å²) >= 11 is 3.58. The van der Waals surface area contributed by atoms with E-state index in [4.69, 9.17) is 0 Å². The summed E-state index contributed by atoms with van der Waals surface area (Å²) in [5.74, 6) is -0.170. The maximum atomic E-state index is 13.1. The number of nitrogens with zero attached hydrogens (tertiary/aromatic N) is 2. The molecule has 2 aromatic carbocycles. The first-order valence-electron chi connectivity index (χ1n) is 9.42. The molecule has 2 heterocycles. The average Bonchev–Trinajstić information content (AvgIpc) is 3.31. The lowest BCUT2D eigenvalue weighted by Crippen LogP contribution is -2.28. The number of hydrogen-bond acceptors (Lipinski definition) is 2. The third kappa shape index (κ3) is 3.11. The molecule has 28 heavy (non-hydrogen) atoms. The summed E-state index contributed by atoms with van der Waals surface area (Å²) in [7, 11) is 1.88. The molecule has 6 heteroatoms. The van der Waals surface area contributed by atoms with Crippen molar-refractivity contribution >= 4 is 44.3 Å². The Labute approximate surface area is 172 Å². The highest BCUT2D eigenvalue weighted by atomic mass is 79.9. The quantitative estimate of drug-likeness (QED) is 0.640. The van der Waals surface area contributed by atoms with E-state index in [2.05, 4.69) is 21.2 Å². The molecule has 1 aliphatic heterocycles. The first-order chi connectivity index (χ1) is 13.5. The van der Waals surface area contributed by atoms with E-state index in [-0.39, 0.29) is 11.8 Å². The Morgan fingerprint density at radius 1 is 1.04 bits per heavy atom. The Balaban J connectivity index is 1.66. The number of likely N-dealkylation sites (tertiary alicyclic amines) is 1. The second-order valence-electron chi connectivity index (χ2n) is 7.17. The predicted molar refractivity (Wildman–Crippen MR) is 115 cm³/mol. The number of fused-ring (bicyclic) bond motifs is 1. The molecular weight excluding hydrogens is 418 g/mol. The summed E-state index contributed by atoms with van der Waals surface area (Å²) < 4.78 is 2.65. The summed E-state index contributed by atoms with van der Waals surface area (Å²) in [6.45, 7) is 3.49. The van der Waals surface area contributed by atoms with E-state index in [9.17, 15) is 9.59 Å². The van der Waals surface area contributed by atoms with Crippen molar-refractivity contribution in [2.24, 2.45) is 7.05 Å². The molecular formula is C22H22BrN3O2. The number of nitrogens with one attached hydrogen (secondary N) is 1. The van der Waals surface area contributed by atoms with E-state index < -0.39 is 0 Å². The van der Waals surface area contributed by atoms with Gasteiger partial charge >= 0.3 is 0 Å². The monoisotopic (exact) mass is 439 g/mol. The van der Waals surface area contributed by atoms with Gasteiger partial charge in [0.15, 0.2) is 0 Å². The Hall–Kier alpha value is -2.60. The molecule has 4 rings (SSSR count). The van der Waals surface area contributed by atoms with Crippen molar-refractivity contribution in [2.45, 2.75) is 19.8 Å². The molecule has 0 aliphatic carbocycles. The van der Waals surface area contributed by atoms with Gasteiger partial charge in [-0.3, -0.25) is 9.59 Å². The van der Waals surface area contributed by atoms with Gasteiger partial charge in [-0.05, 0) is 59.5 Å². The maximum absolute atomic E-state index is 13.1. The highest BCUT2D eigenvalue weighted by molar-refractivity contribution is 9.10. The second kappa shape index (κ2) is 7.43. The number of aromatic nitrogens is 1. The standard InChI is InChI=1S/C22H22BrN3O2/c1-14-15(22(28)26-12-5-6-13-26)9-7-10-17(14)24-21(27)20-19(23)16-8-3-4-11-18(16)25(20)2/h3-4,7-11H,5-6,12-13H2,1-2H3,(H,24,27). The van der Waals surface area contributed by atoms with Crippen LogP contribution in [0.5, 0.6) is 0 Å². The molecule has 144 valence electrons. The van der Waals surface area contributed by atoms with Crippen LogP contribution in [0.1, 0.15) is 39.3 Å². The van der Waals surface area contributed by atoms with Gasteiger partial charge in [0, 0.05) is 42.3 Å². The van der Waals surface area contributed by atoms with Crippen LogP contribution in [0.4, 0.5) is 5.69 Å². The lowest BCUT2D eigenvalue weighted by molar-refractivity contribution is 0.0791. The minimum atomic E-state index is -0.209. The van der Waals surface area contributed by atoms with Crippen LogP contribution in [0.25, 0.3) is 10.9 Å². The molecule has 2 amide bonds. The number of amides is 2. The highest BCUT2D eigenvalue weighted by Gasteiger charge is 2.23. The molecule has 0 unspecified atom stereocenters. The van der Waals surface area contributed by atoms with E-state index in [0.29, 0.717) is 16.9 Å². The molecule has 0 bridgehead atoms. The maximum Gasteiger partial charge on any atom is 0.273 e. The lowest BCUT2D eigenvalue weighted by Gasteiger charge is -2.18. The van der Waals surface area contributed by atoms with E-state index >= 15 is 0 Å². The van der Waals surface area contributed by atoms with Crippen LogP contribution in [0.3, 0.4) is 0 Å². The molecule has 3 aromatic rings. The van der Waals surface area contributed by atoms with Gasteiger partial charge in [-0.1, -0.05) is 24.3 Å². The van der Waals surface area contributed by atoms with Crippen molar-refractivity contribution in [3.05, 3.63) is 63.8 Å². The molecule has 1 aromatic heterocycles. The van der Waals surface area contributed by atoms with E-state index in [1.54, 1.807) is 0 Å². The molecule has 0 atom stereocenters. The molecule has 0 saturated carbocycles. The summed E-state index contributed by atoms with van der Waals surface area (Å²) in [6.07, 6.45) is 2.10. The minimum absolute atomic E-state index is 0.0388. The van der Waals surface area contributed by atoms with Gasteiger partial charge in [0.25, 0.3) is 11.8 Å². The molecule has 1 saturated heterocycles. The van der Waals surface area contributed by atoms with Crippen LogP contribution < -0.4 is 5.32 Å². The van der Waals surface area contributed by atoms with Gasteiger partial charge in [-0.2, -0.15) is 0 Å². The fourth-order valence-corrected chi connectivity index (χ4v) is 4.66. The Morgan fingerprint density at radius 2 is 1.75 bits per heavy atom. The van der Waals surface area contributed by atoms with Crippen molar-refractivity contribution in [1.29, 1.82) is 0 Å². The number of rotatable bonds is 3. The average molecular weight is 440 g/mol. The Kier molecular flexibility index (Phi) is 4.98. The summed E-state index contributed by atoms with van der Waals surface area (Å²) in [6, 6.07) is 13.4. The number of carbonyl (C=O) groups is 2. The largest absolute Gasteiger partial charge is 0.339 e. The number of para-hydroxylation sites is 1. The summed E-state index contributed by atoms with van der Waals surface area (Å²) in [4.78, 5) is 27.7. The smallest absolute Gasteiger partial charge is 0.273 e. The summed E-state index contributed by atoms with van der Waals surface area (Å²) in [5, 5.41) is 3.99. The van der Waals surface area contributed by atoms with Crippen molar-refractivity contribution in [3.63, 3.8) is 0 Å². The third-order valence-electron chi connectivity index (χ3n) is 5.47. The zero-order valence-corrected chi connectivity index (χ0v) is 17.5. The normalized spacial score (nSPS) is 13.9. The van der Waals surface area contributed by atoms with Gasteiger partial charge in [-0.25, -0.2) is 0 Å². The van der Waals surface area contributed by atoms with Crippen molar-refractivity contribution in [1.82, 2.24) is 9.47 Å². The van der Waals surface area contributed by atoms with Gasteiger partial charge in [0.2, 0.25) is 0 Å². The third-order valence-corrected chi connectivity index (χ3v) is 6.27. The molecule has 1 aliphatic rings. The Morgan fingerprint density at radius 3 is 2.46 bits per heavy atom. The second-order valence-corrected chi connectivity index (χ2v) is 7.96. The van der Waals surface area contributed by atoms with E-state index in [0.717, 1.165) is 46.9 Å². The zero-order valence-electron chi connectivity index (χ0n) is 16.0. The molecule has 1 fully saturated rings. The number of carbonyl (C=O) groups excluding carboxylic acids is 2. The van der Waals surface area contributed by atoms with E-state index in [1.807, 2.05) is 65.9 Å². The number of benzene rings is 2. The van der Waals surface area contributed by atoms with Gasteiger partial charge in [0.1, 0.15) is 5.69 Å². The van der Waals surface area contributed by atoms with Crippen LogP contribution >= 0.6 is 15.9 Å². The van der Waals surface area contributed by atoms with Crippen LogP contribution in [0, 0.1) is 6.92 Å². The van der Waals surface area contributed by atoms with Crippen LogP contribution in [0.2, 0.25) is 0 Å². The molecule has 0 radical (unpaired) electrons. The van der Waals surface area contributed by atoms with Crippen LogP contribution in [-0.2, 0) is 7.05 Å². The lowest BCUT2D eigenvalue weighted by atomic mass is 10.1. The van der Waals surface area contributed by atoms with E-state index in [1.165, 1.54) is 0 Å². The number of halogens is 1. The first-order valence-corrected chi connectivity index (χ1v) is 10.2. The van der Waals surface area contributed by atoms with Crippen molar-refractivity contribution < 1.29 is 9.59 Å². The Bertz CT molecular complexity index is 1040. The first kappa shape index (κ1) is 18.7. The topological polar surface area (TPSA) is 54.3 Å². The minimum Gasteiger partial charge on any atom is -0.339 e. The fraction of sp³-hybridized carbons (Fsp3) is 0.273. The molecule has 1 N–H and O–H groups in total.